The number of benzene rings is 2. The maximum absolute atomic E-state index is 13.7. The Labute approximate surface area is 176 Å². The van der Waals surface area contributed by atoms with Crippen LogP contribution >= 0.6 is 0 Å². The Bertz CT molecular complexity index is 1060. The van der Waals surface area contributed by atoms with E-state index >= 15 is 0 Å². The van der Waals surface area contributed by atoms with Crippen molar-refractivity contribution in [3.63, 3.8) is 0 Å². The molecular weight excluding hydrogens is 379 g/mol. The zero-order valence-corrected chi connectivity index (χ0v) is 17.4. The first-order valence-electron chi connectivity index (χ1n) is 10.1. The molecule has 5 nitrogen and oxygen atoms in total. The number of aromatic nitrogens is 1. The second-order valence-electron chi connectivity index (χ2n) is 7.12. The minimum Gasteiger partial charge on any atom is -0.357 e. The van der Waals surface area contributed by atoms with E-state index in [0.717, 1.165) is 23.2 Å². The molecule has 0 radical (unpaired) electrons. The van der Waals surface area contributed by atoms with Crippen molar-refractivity contribution in [2.24, 2.45) is 4.99 Å². The van der Waals surface area contributed by atoms with Gasteiger partial charge in [-0.05, 0) is 48.2 Å². The van der Waals surface area contributed by atoms with E-state index in [1.807, 2.05) is 43.3 Å². The summed E-state index contributed by atoms with van der Waals surface area (Å²) in [4.78, 5) is 16.4. The van der Waals surface area contributed by atoms with Gasteiger partial charge in [0.15, 0.2) is 5.96 Å². The number of pyridine rings is 1. The highest BCUT2D eigenvalue weighted by Crippen LogP contribution is 2.10. The van der Waals surface area contributed by atoms with E-state index in [9.17, 15) is 9.18 Å². The van der Waals surface area contributed by atoms with Gasteiger partial charge in [0.1, 0.15) is 5.82 Å². The number of hydrogen-bond donors (Lipinski definition) is 2. The Morgan fingerprint density at radius 3 is 2.43 bits per heavy atom. The zero-order chi connectivity index (χ0) is 21.3. The van der Waals surface area contributed by atoms with E-state index in [-0.39, 0.29) is 11.4 Å². The molecule has 3 rings (SSSR count). The van der Waals surface area contributed by atoms with Crippen molar-refractivity contribution in [3.8, 4) is 0 Å². The van der Waals surface area contributed by atoms with Gasteiger partial charge in [0.25, 0.3) is 5.56 Å². The van der Waals surface area contributed by atoms with E-state index in [1.165, 1.54) is 6.07 Å². The molecule has 0 unspecified atom stereocenters. The van der Waals surface area contributed by atoms with Gasteiger partial charge in [-0.15, -0.1) is 0 Å². The van der Waals surface area contributed by atoms with Gasteiger partial charge in [-0.25, -0.2) is 9.38 Å². The summed E-state index contributed by atoms with van der Waals surface area (Å²) in [5, 5.41) is 6.51. The summed E-state index contributed by atoms with van der Waals surface area (Å²) in [5.74, 6) is 0.469. The molecule has 0 amide bonds. The van der Waals surface area contributed by atoms with Crippen LogP contribution in [0.15, 0.2) is 76.6 Å². The standard InChI is InChI=1S/C24H27FN4O/c1-3-26-24(28-16-21-8-7-18(2)22(25)14-21)27-15-19-9-11-20(12-10-19)17-29-13-5-4-6-23(29)30/h4-14H,3,15-17H2,1-2H3,(H2,26,27,28). The average molecular weight is 407 g/mol. The maximum atomic E-state index is 13.7. The van der Waals surface area contributed by atoms with Crippen molar-refractivity contribution in [2.75, 3.05) is 6.54 Å². The molecule has 0 spiro atoms. The molecule has 30 heavy (non-hydrogen) atoms. The largest absolute Gasteiger partial charge is 0.357 e. The number of nitrogens with zero attached hydrogens (tertiary/aromatic N) is 2. The van der Waals surface area contributed by atoms with Gasteiger partial charge >= 0.3 is 0 Å². The van der Waals surface area contributed by atoms with Crippen molar-refractivity contribution in [1.82, 2.24) is 15.2 Å². The maximum Gasteiger partial charge on any atom is 0.250 e. The summed E-state index contributed by atoms with van der Waals surface area (Å²) in [6.07, 6.45) is 1.79. The molecule has 0 aliphatic carbocycles. The van der Waals surface area contributed by atoms with Crippen molar-refractivity contribution in [3.05, 3.63) is 105 Å². The van der Waals surface area contributed by atoms with E-state index < -0.39 is 0 Å². The Balaban J connectivity index is 1.59. The monoisotopic (exact) mass is 406 g/mol. The summed E-state index contributed by atoms with van der Waals surface area (Å²) < 4.78 is 15.4. The molecular formula is C24H27FN4O. The molecule has 6 heteroatoms. The summed E-state index contributed by atoms with van der Waals surface area (Å²) in [7, 11) is 0. The highest BCUT2D eigenvalue weighted by Gasteiger charge is 2.02. The fourth-order valence-corrected chi connectivity index (χ4v) is 2.98. The normalized spacial score (nSPS) is 11.4. The Morgan fingerprint density at radius 2 is 1.73 bits per heavy atom. The Hall–Kier alpha value is -3.41. The average Bonchev–Trinajstić information content (AvgIpc) is 2.75. The molecule has 0 aliphatic rings. The van der Waals surface area contributed by atoms with Gasteiger partial charge in [0.05, 0.1) is 13.1 Å². The summed E-state index contributed by atoms with van der Waals surface area (Å²) in [5.41, 5.74) is 3.62. The minimum absolute atomic E-state index is 0.0109. The topological polar surface area (TPSA) is 58.4 Å². The summed E-state index contributed by atoms with van der Waals surface area (Å²) in [6, 6.07) is 18.5. The zero-order valence-electron chi connectivity index (χ0n) is 17.4. The molecule has 0 bridgehead atoms. The lowest BCUT2D eigenvalue weighted by atomic mass is 10.1. The molecule has 1 heterocycles. The van der Waals surface area contributed by atoms with Crippen LogP contribution in [0, 0.1) is 12.7 Å². The number of rotatable bonds is 7. The van der Waals surface area contributed by atoms with Crippen LogP contribution in [0.25, 0.3) is 0 Å². The highest BCUT2D eigenvalue weighted by molar-refractivity contribution is 5.79. The van der Waals surface area contributed by atoms with Crippen LogP contribution in [0.3, 0.4) is 0 Å². The molecule has 2 N–H and O–H groups in total. The van der Waals surface area contributed by atoms with Crippen LogP contribution < -0.4 is 16.2 Å². The van der Waals surface area contributed by atoms with Gasteiger partial charge in [-0.2, -0.15) is 0 Å². The minimum atomic E-state index is -0.210. The quantitative estimate of drug-likeness (QED) is 0.466. The van der Waals surface area contributed by atoms with Crippen LogP contribution in [-0.4, -0.2) is 17.1 Å². The predicted molar refractivity (Wildman–Crippen MR) is 119 cm³/mol. The fourth-order valence-electron chi connectivity index (χ4n) is 2.98. The van der Waals surface area contributed by atoms with E-state index in [2.05, 4.69) is 15.6 Å². The molecule has 0 saturated carbocycles. The second-order valence-corrected chi connectivity index (χ2v) is 7.12. The van der Waals surface area contributed by atoms with Crippen molar-refractivity contribution in [1.29, 1.82) is 0 Å². The number of aliphatic imine (C=N–C) groups is 1. The molecule has 1 aromatic heterocycles. The van der Waals surface area contributed by atoms with Crippen molar-refractivity contribution >= 4 is 5.96 Å². The molecule has 156 valence electrons. The van der Waals surface area contributed by atoms with Gasteiger partial charge in [-0.3, -0.25) is 4.79 Å². The third-order valence-corrected chi connectivity index (χ3v) is 4.74. The molecule has 0 aliphatic heterocycles. The molecule has 0 fully saturated rings. The van der Waals surface area contributed by atoms with Crippen LogP contribution in [-0.2, 0) is 19.6 Å². The summed E-state index contributed by atoms with van der Waals surface area (Å²) >= 11 is 0. The predicted octanol–water partition coefficient (Wildman–Crippen LogP) is 3.60. The first kappa shape index (κ1) is 21.3. The number of hydrogen-bond acceptors (Lipinski definition) is 2. The smallest absolute Gasteiger partial charge is 0.250 e. The number of nitrogens with one attached hydrogen (secondary N) is 2. The first-order valence-corrected chi connectivity index (χ1v) is 10.1. The molecule has 0 atom stereocenters. The van der Waals surface area contributed by atoms with E-state index in [0.29, 0.717) is 31.2 Å². The molecule has 3 aromatic rings. The van der Waals surface area contributed by atoms with E-state index in [1.54, 1.807) is 35.9 Å². The third kappa shape index (κ3) is 6.04. The fraction of sp³-hybridized carbons (Fsp3) is 0.250. The van der Waals surface area contributed by atoms with Crippen molar-refractivity contribution < 1.29 is 4.39 Å². The second kappa shape index (κ2) is 10.4. The lowest BCUT2D eigenvalue weighted by Crippen LogP contribution is -2.36. The van der Waals surface area contributed by atoms with Gasteiger partial charge in [0, 0.05) is 25.4 Å². The van der Waals surface area contributed by atoms with Crippen LogP contribution in [0.5, 0.6) is 0 Å². The summed E-state index contributed by atoms with van der Waals surface area (Å²) in [6.45, 7) is 6.04. The Kier molecular flexibility index (Phi) is 7.38. The lowest BCUT2D eigenvalue weighted by Gasteiger charge is -2.12. The molecule has 2 aromatic carbocycles. The first-order chi connectivity index (χ1) is 14.5. The number of halogens is 1. The number of guanidine groups is 1. The van der Waals surface area contributed by atoms with E-state index in [4.69, 9.17) is 0 Å². The lowest BCUT2D eigenvalue weighted by molar-refractivity contribution is 0.616. The van der Waals surface area contributed by atoms with Gasteiger partial charge < -0.3 is 15.2 Å². The van der Waals surface area contributed by atoms with Crippen LogP contribution in [0.4, 0.5) is 4.39 Å². The molecule has 0 saturated heterocycles. The highest BCUT2D eigenvalue weighted by atomic mass is 19.1. The van der Waals surface area contributed by atoms with Gasteiger partial charge in [-0.1, -0.05) is 42.5 Å². The third-order valence-electron chi connectivity index (χ3n) is 4.74. The van der Waals surface area contributed by atoms with Crippen LogP contribution in [0.2, 0.25) is 0 Å². The Morgan fingerprint density at radius 1 is 1.00 bits per heavy atom. The number of aryl methyl sites for hydroxylation is 1. The van der Waals surface area contributed by atoms with Crippen molar-refractivity contribution in [2.45, 2.75) is 33.5 Å². The van der Waals surface area contributed by atoms with Crippen LogP contribution in [0.1, 0.15) is 29.2 Å². The van der Waals surface area contributed by atoms with Gasteiger partial charge in [0.2, 0.25) is 0 Å². The SMILES string of the molecule is CCNC(=NCc1ccc(C)c(F)c1)NCc1ccc(Cn2ccccc2=O)cc1.